The van der Waals surface area contributed by atoms with Gasteiger partial charge >= 0.3 is 0 Å². The number of nitrogens with one attached hydrogen (secondary N) is 1. The predicted octanol–water partition coefficient (Wildman–Crippen LogP) is 4.60. The van der Waals surface area contributed by atoms with Crippen molar-refractivity contribution in [2.45, 2.75) is 19.3 Å². The fourth-order valence-corrected chi connectivity index (χ4v) is 3.40. The third kappa shape index (κ3) is 3.20. The maximum atomic E-state index is 12.9. The number of nitrogens with zero attached hydrogens (tertiary/aromatic N) is 2. The van der Waals surface area contributed by atoms with Crippen LogP contribution in [0, 0.1) is 0 Å². The summed E-state index contributed by atoms with van der Waals surface area (Å²) in [5.74, 6) is 0.112. The number of aromatic nitrogens is 1. The smallest absolute Gasteiger partial charge is 0.255 e. The molecule has 1 amide bonds. The molecule has 1 saturated heterocycles. The van der Waals surface area contributed by atoms with E-state index in [0.717, 1.165) is 53.8 Å². The van der Waals surface area contributed by atoms with Gasteiger partial charge in [-0.25, -0.2) is 0 Å². The van der Waals surface area contributed by atoms with Crippen molar-refractivity contribution in [3.63, 3.8) is 0 Å². The lowest BCUT2D eigenvalue weighted by molar-refractivity contribution is 0.0725. The molecule has 4 rings (SSSR count). The quantitative estimate of drug-likeness (QED) is 0.762. The number of anilines is 2. The number of piperidine rings is 1. The zero-order chi connectivity index (χ0) is 17.1. The van der Waals surface area contributed by atoms with E-state index in [-0.39, 0.29) is 5.91 Å². The highest BCUT2D eigenvalue weighted by atomic mass is 16.2. The van der Waals surface area contributed by atoms with E-state index in [4.69, 9.17) is 0 Å². The van der Waals surface area contributed by atoms with Gasteiger partial charge in [0.05, 0.1) is 16.8 Å². The third-order valence-corrected chi connectivity index (χ3v) is 4.72. The highest BCUT2D eigenvalue weighted by Crippen LogP contribution is 2.28. The van der Waals surface area contributed by atoms with Gasteiger partial charge in [-0.1, -0.05) is 30.3 Å². The zero-order valence-corrected chi connectivity index (χ0v) is 14.1. The van der Waals surface area contributed by atoms with Crippen molar-refractivity contribution in [2.24, 2.45) is 0 Å². The van der Waals surface area contributed by atoms with Crippen LogP contribution in [0.3, 0.4) is 0 Å². The number of hydrogen-bond acceptors (Lipinski definition) is 3. The standard InChI is InChI=1S/C21H21N3O/c25-21(24-14-6-1-7-15-24)17-9-3-5-11-19(17)23-20-12-13-22-18-10-4-2-8-16(18)20/h2-5,8-13H,1,6-7,14-15H2,(H,22,23). The van der Waals surface area contributed by atoms with Gasteiger partial charge in [0.2, 0.25) is 0 Å². The van der Waals surface area contributed by atoms with Crippen molar-refractivity contribution < 1.29 is 4.79 Å². The molecule has 0 atom stereocenters. The van der Waals surface area contributed by atoms with Crippen molar-refractivity contribution in [2.75, 3.05) is 18.4 Å². The van der Waals surface area contributed by atoms with Gasteiger partial charge in [-0.15, -0.1) is 0 Å². The monoisotopic (exact) mass is 331 g/mol. The summed E-state index contributed by atoms with van der Waals surface area (Å²) in [4.78, 5) is 19.3. The number of rotatable bonds is 3. The number of para-hydroxylation sites is 2. The third-order valence-electron chi connectivity index (χ3n) is 4.72. The van der Waals surface area contributed by atoms with Gasteiger partial charge in [-0.3, -0.25) is 9.78 Å². The molecule has 1 aliphatic rings. The van der Waals surface area contributed by atoms with E-state index in [1.807, 2.05) is 59.5 Å². The Bertz CT molecular complexity index is 895. The molecule has 0 unspecified atom stereocenters. The summed E-state index contributed by atoms with van der Waals surface area (Å²) >= 11 is 0. The molecule has 25 heavy (non-hydrogen) atoms. The molecule has 2 heterocycles. The van der Waals surface area contributed by atoms with E-state index >= 15 is 0 Å². The minimum atomic E-state index is 0.112. The maximum absolute atomic E-state index is 12.9. The van der Waals surface area contributed by atoms with Crippen LogP contribution in [-0.2, 0) is 0 Å². The molecule has 0 radical (unpaired) electrons. The molecule has 4 nitrogen and oxygen atoms in total. The molecular formula is C21H21N3O. The lowest BCUT2D eigenvalue weighted by Gasteiger charge is -2.27. The Labute approximate surface area is 147 Å². The summed E-state index contributed by atoms with van der Waals surface area (Å²) in [6.45, 7) is 1.71. The average Bonchev–Trinajstić information content (AvgIpc) is 2.69. The van der Waals surface area contributed by atoms with Crippen molar-refractivity contribution in [1.82, 2.24) is 9.88 Å². The summed E-state index contributed by atoms with van der Waals surface area (Å²) in [7, 11) is 0. The molecule has 126 valence electrons. The van der Waals surface area contributed by atoms with Gasteiger partial charge in [-0.2, -0.15) is 0 Å². The molecule has 0 aliphatic carbocycles. The number of amides is 1. The van der Waals surface area contributed by atoms with Gasteiger partial charge < -0.3 is 10.2 Å². The molecule has 3 aromatic rings. The van der Waals surface area contributed by atoms with Crippen LogP contribution in [0.25, 0.3) is 10.9 Å². The fourth-order valence-electron chi connectivity index (χ4n) is 3.40. The van der Waals surface area contributed by atoms with Gasteiger partial charge in [0, 0.05) is 30.4 Å². The molecule has 1 aliphatic heterocycles. The van der Waals surface area contributed by atoms with E-state index in [1.54, 1.807) is 6.20 Å². The molecule has 2 aromatic carbocycles. The van der Waals surface area contributed by atoms with E-state index in [2.05, 4.69) is 10.3 Å². The average molecular weight is 331 g/mol. The SMILES string of the molecule is O=C(c1ccccc1Nc1ccnc2ccccc12)N1CCCCC1. The maximum Gasteiger partial charge on any atom is 0.255 e. The molecule has 4 heteroatoms. The van der Waals surface area contributed by atoms with Gasteiger partial charge in [0.1, 0.15) is 0 Å². The summed E-state index contributed by atoms with van der Waals surface area (Å²) in [5.41, 5.74) is 3.47. The largest absolute Gasteiger partial charge is 0.354 e. The van der Waals surface area contributed by atoms with E-state index in [1.165, 1.54) is 6.42 Å². The summed E-state index contributed by atoms with van der Waals surface area (Å²) in [6.07, 6.45) is 5.19. The van der Waals surface area contributed by atoms with Crippen LogP contribution < -0.4 is 5.32 Å². The van der Waals surface area contributed by atoms with E-state index < -0.39 is 0 Å². The molecule has 1 fully saturated rings. The Balaban J connectivity index is 1.68. The lowest BCUT2D eigenvalue weighted by Crippen LogP contribution is -2.35. The first-order chi connectivity index (χ1) is 12.3. The number of hydrogen-bond donors (Lipinski definition) is 1. The van der Waals surface area contributed by atoms with Crippen LogP contribution in [0.5, 0.6) is 0 Å². The Morgan fingerprint density at radius 2 is 1.64 bits per heavy atom. The highest BCUT2D eigenvalue weighted by Gasteiger charge is 2.20. The zero-order valence-electron chi connectivity index (χ0n) is 14.1. The van der Waals surface area contributed by atoms with Crippen LogP contribution in [0.1, 0.15) is 29.6 Å². The number of pyridine rings is 1. The van der Waals surface area contributed by atoms with Crippen LogP contribution in [-0.4, -0.2) is 28.9 Å². The Kier molecular flexibility index (Phi) is 4.34. The van der Waals surface area contributed by atoms with E-state index in [9.17, 15) is 4.79 Å². The molecular weight excluding hydrogens is 310 g/mol. The second kappa shape index (κ2) is 6.93. The Morgan fingerprint density at radius 3 is 2.52 bits per heavy atom. The van der Waals surface area contributed by atoms with Gasteiger partial charge in [0.15, 0.2) is 0 Å². The number of benzene rings is 2. The molecule has 0 saturated carbocycles. The number of likely N-dealkylation sites (tertiary alicyclic amines) is 1. The molecule has 0 spiro atoms. The van der Waals surface area contributed by atoms with Crippen LogP contribution in [0.4, 0.5) is 11.4 Å². The molecule has 0 bridgehead atoms. The number of carbonyl (C=O) groups is 1. The topological polar surface area (TPSA) is 45.2 Å². The first kappa shape index (κ1) is 15.6. The van der Waals surface area contributed by atoms with Crippen molar-refractivity contribution in [3.05, 3.63) is 66.4 Å². The normalized spacial score (nSPS) is 14.5. The summed E-state index contributed by atoms with van der Waals surface area (Å²) < 4.78 is 0. The second-order valence-electron chi connectivity index (χ2n) is 6.40. The van der Waals surface area contributed by atoms with E-state index in [0.29, 0.717) is 0 Å². The minimum Gasteiger partial charge on any atom is -0.354 e. The van der Waals surface area contributed by atoms with Crippen molar-refractivity contribution in [1.29, 1.82) is 0 Å². The van der Waals surface area contributed by atoms with Crippen molar-refractivity contribution >= 4 is 28.2 Å². The lowest BCUT2D eigenvalue weighted by atomic mass is 10.1. The number of fused-ring (bicyclic) bond motifs is 1. The minimum absolute atomic E-state index is 0.112. The van der Waals surface area contributed by atoms with Crippen LogP contribution in [0.2, 0.25) is 0 Å². The Hall–Kier alpha value is -2.88. The predicted molar refractivity (Wildman–Crippen MR) is 101 cm³/mol. The number of carbonyl (C=O) groups excluding carboxylic acids is 1. The Morgan fingerprint density at radius 1 is 0.880 bits per heavy atom. The van der Waals surface area contributed by atoms with Crippen LogP contribution >= 0.6 is 0 Å². The highest BCUT2D eigenvalue weighted by molar-refractivity contribution is 6.02. The first-order valence-corrected chi connectivity index (χ1v) is 8.82. The van der Waals surface area contributed by atoms with Crippen LogP contribution in [0.15, 0.2) is 60.8 Å². The fraction of sp³-hybridized carbons (Fsp3) is 0.238. The van der Waals surface area contributed by atoms with Gasteiger partial charge in [0.25, 0.3) is 5.91 Å². The molecule has 1 N–H and O–H groups in total. The van der Waals surface area contributed by atoms with Gasteiger partial charge in [-0.05, 0) is 43.5 Å². The van der Waals surface area contributed by atoms with Crippen molar-refractivity contribution in [3.8, 4) is 0 Å². The summed E-state index contributed by atoms with van der Waals surface area (Å²) in [6, 6.07) is 17.7. The summed E-state index contributed by atoms with van der Waals surface area (Å²) in [5, 5.41) is 4.49. The first-order valence-electron chi connectivity index (χ1n) is 8.82. The molecule has 1 aromatic heterocycles. The second-order valence-corrected chi connectivity index (χ2v) is 6.40.